The van der Waals surface area contributed by atoms with E-state index in [1.807, 2.05) is 49.4 Å². The van der Waals surface area contributed by atoms with E-state index < -0.39 is 5.91 Å². The standard InChI is InChI=1S/C23H24N2O5/c1-4-25(18-10-9-15-7-5-6-8-16(15)11-18)23(27)17-12-19(28-2)22(20(13-17)29-3)30-14-21(24)26/h5-13H,4,14H2,1-3H3,(H2,24,26). The highest BCUT2D eigenvalue weighted by Crippen LogP contribution is 2.39. The molecule has 0 fully saturated rings. The number of hydrogen-bond acceptors (Lipinski definition) is 5. The Labute approximate surface area is 174 Å². The predicted octanol–water partition coefficient (Wildman–Crippen LogP) is 3.39. The van der Waals surface area contributed by atoms with Gasteiger partial charge >= 0.3 is 0 Å². The first-order chi connectivity index (χ1) is 14.5. The van der Waals surface area contributed by atoms with Gasteiger partial charge in [-0.05, 0) is 42.0 Å². The Morgan fingerprint density at radius 2 is 1.57 bits per heavy atom. The van der Waals surface area contributed by atoms with E-state index >= 15 is 0 Å². The molecule has 0 saturated heterocycles. The van der Waals surface area contributed by atoms with E-state index in [9.17, 15) is 9.59 Å². The molecule has 0 aromatic heterocycles. The van der Waals surface area contributed by atoms with E-state index in [0.717, 1.165) is 16.5 Å². The number of nitrogens with zero attached hydrogens (tertiary/aromatic N) is 1. The van der Waals surface area contributed by atoms with Crippen molar-refractivity contribution in [2.45, 2.75) is 6.92 Å². The summed E-state index contributed by atoms with van der Waals surface area (Å²) in [6.45, 7) is 2.05. The second-order valence-electron chi connectivity index (χ2n) is 6.55. The van der Waals surface area contributed by atoms with Gasteiger partial charge in [-0.2, -0.15) is 0 Å². The van der Waals surface area contributed by atoms with E-state index in [-0.39, 0.29) is 29.8 Å². The van der Waals surface area contributed by atoms with Gasteiger partial charge in [0.2, 0.25) is 5.75 Å². The van der Waals surface area contributed by atoms with Crippen LogP contribution in [-0.4, -0.2) is 39.2 Å². The summed E-state index contributed by atoms with van der Waals surface area (Å²) in [5, 5.41) is 2.15. The minimum absolute atomic E-state index is 0.212. The first-order valence-electron chi connectivity index (χ1n) is 9.46. The molecule has 156 valence electrons. The van der Waals surface area contributed by atoms with Crippen molar-refractivity contribution in [3.63, 3.8) is 0 Å². The van der Waals surface area contributed by atoms with Crippen LogP contribution in [0.3, 0.4) is 0 Å². The van der Waals surface area contributed by atoms with Crippen LogP contribution in [0.2, 0.25) is 0 Å². The zero-order chi connectivity index (χ0) is 21.7. The van der Waals surface area contributed by atoms with Gasteiger partial charge in [-0.1, -0.05) is 30.3 Å². The van der Waals surface area contributed by atoms with Crippen LogP contribution in [0.15, 0.2) is 54.6 Å². The average Bonchev–Trinajstić information content (AvgIpc) is 2.77. The molecule has 0 aliphatic carbocycles. The third-order valence-electron chi connectivity index (χ3n) is 4.67. The number of amides is 2. The Kier molecular flexibility index (Phi) is 6.41. The first kappa shape index (κ1) is 21.0. The summed E-state index contributed by atoms with van der Waals surface area (Å²) in [6.07, 6.45) is 0. The molecule has 0 bridgehead atoms. The molecule has 7 nitrogen and oxygen atoms in total. The van der Waals surface area contributed by atoms with Crippen molar-refractivity contribution in [1.82, 2.24) is 0 Å². The van der Waals surface area contributed by atoms with Crippen LogP contribution in [0, 0.1) is 0 Å². The lowest BCUT2D eigenvalue weighted by molar-refractivity contribution is -0.120. The summed E-state index contributed by atoms with van der Waals surface area (Å²) in [7, 11) is 2.89. The molecule has 3 aromatic rings. The second kappa shape index (κ2) is 9.17. The lowest BCUT2D eigenvalue weighted by Gasteiger charge is -2.23. The minimum atomic E-state index is -0.632. The molecule has 2 N–H and O–H groups in total. The van der Waals surface area contributed by atoms with Gasteiger partial charge < -0.3 is 24.8 Å². The molecular formula is C23H24N2O5. The molecule has 0 unspecified atom stereocenters. The van der Waals surface area contributed by atoms with Gasteiger partial charge in [0.1, 0.15) is 0 Å². The molecule has 7 heteroatoms. The Morgan fingerprint density at radius 3 is 2.13 bits per heavy atom. The van der Waals surface area contributed by atoms with Gasteiger partial charge in [0.05, 0.1) is 14.2 Å². The van der Waals surface area contributed by atoms with Crippen LogP contribution in [0.25, 0.3) is 10.8 Å². The zero-order valence-corrected chi connectivity index (χ0v) is 17.2. The number of hydrogen-bond donors (Lipinski definition) is 1. The third kappa shape index (κ3) is 4.30. The summed E-state index contributed by atoms with van der Waals surface area (Å²) in [6, 6.07) is 17.0. The zero-order valence-electron chi connectivity index (χ0n) is 17.2. The lowest BCUT2D eigenvalue weighted by atomic mass is 10.1. The Bertz CT molecular complexity index is 1060. The maximum absolute atomic E-state index is 13.3. The van der Waals surface area contributed by atoms with E-state index in [1.54, 1.807) is 17.0 Å². The number of nitrogens with two attached hydrogens (primary N) is 1. The number of primary amides is 1. The SMILES string of the molecule is CCN(C(=O)c1cc(OC)c(OCC(N)=O)c(OC)c1)c1ccc2ccccc2c1. The molecule has 0 heterocycles. The van der Waals surface area contributed by atoms with E-state index in [4.69, 9.17) is 19.9 Å². The van der Waals surface area contributed by atoms with Crippen molar-refractivity contribution in [2.24, 2.45) is 5.73 Å². The van der Waals surface area contributed by atoms with Crippen molar-refractivity contribution in [2.75, 3.05) is 32.3 Å². The molecule has 2 amide bonds. The highest BCUT2D eigenvalue weighted by Gasteiger charge is 2.22. The molecule has 0 aliphatic heterocycles. The van der Waals surface area contributed by atoms with Crippen molar-refractivity contribution in [1.29, 1.82) is 0 Å². The van der Waals surface area contributed by atoms with E-state index in [2.05, 4.69) is 0 Å². The lowest BCUT2D eigenvalue weighted by Crippen LogP contribution is -2.30. The highest BCUT2D eigenvalue weighted by atomic mass is 16.5. The van der Waals surface area contributed by atoms with Gasteiger partial charge in [0.25, 0.3) is 11.8 Å². The summed E-state index contributed by atoms with van der Waals surface area (Å²) in [5.74, 6) is -0.0929. The number of benzene rings is 3. The van der Waals surface area contributed by atoms with Crippen molar-refractivity contribution < 1.29 is 23.8 Å². The monoisotopic (exact) mass is 408 g/mol. The van der Waals surface area contributed by atoms with Crippen LogP contribution in [0.5, 0.6) is 17.2 Å². The van der Waals surface area contributed by atoms with Gasteiger partial charge in [-0.3, -0.25) is 9.59 Å². The molecule has 3 rings (SSSR count). The predicted molar refractivity (Wildman–Crippen MR) is 116 cm³/mol. The van der Waals surface area contributed by atoms with Gasteiger partial charge in [-0.15, -0.1) is 0 Å². The fraction of sp³-hybridized carbons (Fsp3) is 0.217. The fourth-order valence-electron chi connectivity index (χ4n) is 3.23. The molecular weight excluding hydrogens is 384 g/mol. The number of methoxy groups -OCH3 is 2. The Morgan fingerprint density at radius 1 is 0.933 bits per heavy atom. The van der Waals surface area contributed by atoms with Crippen molar-refractivity contribution >= 4 is 28.3 Å². The summed E-state index contributed by atoms with van der Waals surface area (Å²) in [5.41, 5.74) is 6.31. The smallest absolute Gasteiger partial charge is 0.258 e. The van der Waals surface area contributed by atoms with Crippen LogP contribution in [-0.2, 0) is 4.79 Å². The van der Waals surface area contributed by atoms with Gasteiger partial charge in [0.15, 0.2) is 18.1 Å². The molecule has 0 saturated carbocycles. The Hall–Kier alpha value is -3.74. The van der Waals surface area contributed by atoms with Crippen LogP contribution in [0.4, 0.5) is 5.69 Å². The minimum Gasteiger partial charge on any atom is -0.493 e. The molecule has 0 atom stereocenters. The number of rotatable bonds is 8. The quantitative estimate of drug-likeness (QED) is 0.617. The summed E-state index contributed by atoms with van der Waals surface area (Å²) in [4.78, 5) is 26.1. The topological polar surface area (TPSA) is 91.1 Å². The average molecular weight is 408 g/mol. The maximum atomic E-state index is 13.3. The van der Waals surface area contributed by atoms with E-state index in [1.165, 1.54) is 14.2 Å². The largest absolute Gasteiger partial charge is 0.493 e. The number of carbonyl (C=O) groups excluding carboxylic acids is 2. The van der Waals surface area contributed by atoms with Crippen LogP contribution < -0.4 is 24.8 Å². The highest BCUT2D eigenvalue weighted by molar-refractivity contribution is 6.07. The third-order valence-corrected chi connectivity index (χ3v) is 4.67. The Balaban J connectivity index is 1.99. The number of carbonyl (C=O) groups is 2. The van der Waals surface area contributed by atoms with Crippen molar-refractivity contribution in [3.05, 3.63) is 60.2 Å². The molecule has 30 heavy (non-hydrogen) atoms. The van der Waals surface area contributed by atoms with Crippen molar-refractivity contribution in [3.8, 4) is 17.2 Å². The number of ether oxygens (including phenoxy) is 3. The summed E-state index contributed by atoms with van der Waals surface area (Å²) < 4.78 is 16.1. The molecule has 3 aromatic carbocycles. The molecule has 0 spiro atoms. The fourth-order valence-corrected chi connectivity index (χ4v) is 3.23. The molecule has 0 radical (unpaired) electrons. The number of fused-ring (bicyclic) bond motifs is 1. The van der Waals surface area contributed by atoms with Crippen LogP contribution >= 0.6 is 0 Å². The van der Waals surface area contributed by atoms with Gasteiger partial charge in [0, 0.05) is 17.8 Å². The normalized spacial score (nSPS) is 10.5. The maximum Gasteiger partial charge on any atom is 0.258 e. The van der Waals surface area contributed by atoms with E-state index in [0.29, 0.717) is 12.1 Å². The van der Waals surface area contributed by atoms with Gasteiger partial charge in [-0.25, -0.2) is 0 Å². The number of anilines is 1. The summed E-state index contributed by atoms with van der Waals surface area (Å²) >= 11 is 0. The second-order valence-corrected chi connectivity index (χ2v) is 6.55. The molecule has 0 aliphatic rings. The van der Waals surface area contributed by atoms with Crippen LogP contribution in [0.1, 0.15) is 17.3 Å². The first-order valence-corrected chi connectivity index (χ1v) is 9.46.